The second-order valence-electron chi connectivity index (χ2n) is 5.13. The summed E-state index contributed by atoms with van der Waals surface area (Å²) in [4.78, 5) is 6.65. The Morgan fingerprint density at radius 1 is 1.22 bits per heavy atom. The molecule has 0 atom stereocenters. The molecule has 0 heterocycles. The standard InChI is InChI=1S/C15H25N3/c1-13(2)10-11-16-15(18(3)4)17-12-14-8-6-5-7-9-14/h5-9,13H,10-12H2,1-4H3,(H,16,17). The summed E-state index contributed by atoms with van der Waals surface area (Å²) in [6.07, 6.45) is 1.16. The highest BCUT2D eigenvalue weighted by Crippen LogP contribution is 2.01. The second-order valence-corrected chi connectivity index (χ2v) is 5.13. The zero-order valence-corrected chi connectivity index (χ0v) is 12.0. The number of guanidine groups is 1. The van der Waals surface area contributed by atoms with E-state index in [0.29, 0.717) is 0 Å². The number of hydrogen-bond acceptors (Lipinski definition) is 1. The first-order valence-electron chi connectivity index (χ1n) is 6.59. The quantitative estimate of drug-likeness (QED) is 0.640. The first-order chi connectivity index (χ1) is 8.59. The van der Waals surface area contributed by atoms with Gasteiger partial charge in [0.2, 0.25) is 0 Å². The number of nitrogens with one attached hydrogen (secondary N) is 1. The SMILES string of the molecule is CC(C)CCNC(=NCc1ccccc1)N(C)C. The van der Waals surface area contributed by atoms with Crippen LogP contribution in [0.25, 0.3) is 0 Å². The summed E-state index contributed by atoms with van der Waals surface area (Å²) in [6.45, 7) is 6.17. The Labute approximate surface area is 111 Å². The topological polar surface area (TPSA) is 27.6 Å². The van der Waals surface area contributed by atoms with Crippen LogP contribution in [0.1, 0.15) is 25.8 Å². The molecule has 0 amide bonds. The lowest BCUT2D eigenvalue weighted by Crippen LogP contribution is -2.37. The minimum atomic E-state index is 0.718. The molecule has 0 spiro atoms. The van der Waals surface area contributed by atoms with Gasteiger partial charge in [0.25, 0.3) is 0 Å². The van der Waals surface area contributed by atoms with E-state index in [0.717, 1.165) is 31.4 Å². The molecule has 1 aromatic rings. The Morgan fingerprint density at radius 2 is 1.89 bits per heavy atom. The van der Waals surface area contributed by atoms with E-state index in [1.54, 1.807) is 0 Å². The minimum absolute atomic E-state index is 0.718. The molecule has 0 radical (unpaired) electrons. The van der Waals surface area contributed by atoms with Gasteiger partial charge in [0.1, 0.15) is 0 Å². The summed E-state index contributed by atoms with van der Waals surface area (Å²) in [5.74, 6) is 1.68. The summed E-state index contributed by atoms with van der Waals surface area (Å²) < 4.78 is 0. The Bertz CT molecular complexity index is 355. The summed E-state index contributed by atoms with van der Waals surface area (Å²) in [7, 11) is 4.04. The molecule has 3 nitrogen and oxygen atoms in total. The average Bonchev–Trinajstić information content (AvgIpc) is 2.34. The lowest BCUT2D eigenvalue weighted by Gasteiger charge is -2.18. The summed E-state index contributed by atoms with van der Waals surface area (Å²) >= 11 is 0. The maximum atomic E-state index is 4.62. The summed E-state index contributed by atoms with van der Waals surface area (Å²) in [6, 6.07) is 10.3. The first-order valence-corrected chi connectivity index (χ1v) is 6.59. The second kappa shape index (κ2) is 7.75. The van der Waals surface area contributed by atoms with Gasteiger partial charge in [-0.2, -0.15) is 0 Å². The van der Waals surface area contributed by atoms with Gasteiger partial charge >= 0.3 is 0 Å². The molecule has 3 heteroatoms. The molecule has 0 saturated carbocycles. The van der Waals surface area contributed by atoms with Crippen molar-refractivity contribution in [1.29, 1.82) is 0 Å². The normalized spacial score (nSPS) is 11.7. The number of nitrogens with zero attached hydrogens (tertiary/aromatic N) is 2. The highest BCUT2D eigenvalue weighted by atomic mass is 15.3. The van der Waals surface area contributed by atoms with Crippen molar-refractivity contribution in [1.82, 2.24) is 10.2 Å². The monoisotopic (exact) mass is 247 g/mol. The molecule has 0 saturated heterocycles. The lowest BCUT2D eigenvalue weighted by atomic mass is 10.1. The Kier molecular flexibility index (Phi) is 6.26. The molecule has 100 valence electrons. The van der Waals surface area contributed by atoms with E-state index in [-0.39, 0.29) is 0 Å². The lowest BCUT2D eigenvalue weighted by molar-refractivity contribution is 0.538. The molecule has 0 bridgehead atoms. The van der Waals surface area contributed by atoms with E-state index in [1.165, 1.54) is 5.56 Å². The first kappa shape index (κ1) is 14.6. The summed E-state index contributed by atoms with van der Waals surface area (Å²) in [5, 5.41) is 3.40. The smallest absolute Gasteiger partial charge is 0.193 e. The van der Waals surface area contributed by atoms with Crippen molar-refractivity contribution >= 4 is 5.96 Å². The third-order valence-electron chi connectivity index (χ3n) is 2.68. The van der Waals surface area contributed by atoms with Crippen molar-refractivity contribution in [2.75, 3.05) is 20.6 Å². The van der Waals surface area contributed by atoms with Gasteiger partial charge in [0, 0.05) is 20.6 Å². The molecule has 0 aliphatic carbocycles. The van der Waals surface area contributed by atoms with E-state index in [4.69, 9.17) is 0 Å². The fourth-order valence-corrected chi connectivity index (χ4v) is 1.58. The molecular formula is C15H25N3. The molecule has 1 rings (SSSR count). The van der Waals surface area contributed by atoms with Crippen LogP contribution in [-0.4, -0.2) is 31.5 Å². The van der Waals surface area contributed by atoms with Gasteiger partial charge in [-0.15, -0.1) is 0 Å². The Balaban J connectivity index is 2.50. The molecule has 1 aromatic carbocycles. The van der Waals surface area contributed by atoms with Crippen LogP contribution >= 0.6 is 0 Å². The van der Waals surface area contributed by atoms with Crippen LogP contribution in [0.2, 0.25) is 0 Å². The highest BCUT2D eigenvalue weighted by molar-refractivity contribution is 5.79. The van der Waals surface area contributed by atoms with E-state index in [9.17, 15) is 0 Å². The predicted molar refractivity (Wildman–Crippen MR) is 78.7 cm³/mol. The van der Waals surface area contributed by atoms with Crippen LogP contribution < -0.4 is 5.32 Å². The van der Waals surface area contributed by atoms with Crippen LogP contribution in [0, 0.1) is 5.92 Å². The van der Waals surface area contributed by atoms with Crippen LogP contribution in [0.4, 0.5) is 0 Å². The molecule has 0 unspecified atom stereocenters. The van der Waals surface area contributed by atoms with Gasteiger partial charge in [0.05, 0.1) is 6.54 Å². The van der Waals surface area contributed by atoms with E-state index in [2.05, 4.69) is 36.3 Å². The molecule has 0 fully saturated rings. The number of benzene rings is 1. The molecular weight excluding hydrogens is 222 g/mol. The van der Waals surface area contributed by atoms with Gasteiger partial charge in [-0.1, -0.05) is 44.2 Å². The van der Waals surface area contributed by atoms with Gasteiger partial charge in [-0.05, 0) is 17.9 Å². The van der Waals surface area contributed by atoms with Gasteiger partial charge in [-0.25, -0.2) is 4.99 Å². The van der Waals surface area contributed by atoms with Crippen molar-refractivity contribution in [3.63, 3.8) is 0 Å². The fourth-order valence-electron chi connectivity index (χ4n) is 1.58. The van der Waals surface area contributed by atoms with Crippen molar-refractivity contribution in [2.45, 2.75) is 26.8 Å². The molecule has 18 heavy (non-hydrogen) atoms. The van der Waals surface area contributed by atoms with Crippen LogP contribution in [-0.2, 0) is 6.54 Å². The van der Waals surface area contributed by atoms with Crippen molar-refractivity contribution in [3.05, 3.63) is 35.9 Å². The third-order valence-corrected chi connectivity index (χ3v) is 2.68. The van der Waals surface area contributed by atoms with E-state index >= 15 is 0 Å². The maximum Gasteiger partial charge on any atom is 0.193 e. The Morgan fingerprint density at radius 3 is 2.44 bits per heavy atom. The van der Waals surface area contributed by atoms with Gasteiger partial charge in [-0.3, -0.25) is 0 Å². The van der Waals surface area contributed by atoms with Gasteiger partial charge < -0.3 is 10.2 Å². The number of hydrogen-bond donors (Lipinski definition) is 1. The highest BCUT2D eigenvalue weighted by Gasteiger charge is 2.01. The van der Waals surface area contributed by atoms with Crippen molar-refractivity contribution < 1.29 is 0 Å². The molecule has 0 aliphatic heterocycles. The van der Waals surface area contributed by atoms with Crippen molar-refractivity contribution in [2.24, 2.45) is 10.9 Å². The largest absolute Gasteiger partial charge is 0.356 e. The van der Waals surface area contributed by atoms with Crippen LogP contribution in [0.15, 0.2) is 35.3 Å². The number of aliphatic imine (C=N–C) groups is 1. The number of rotatable bonds is 5. The van der Waals surface area contributed by atoms with E-state index < -0.39 is 0 Å². The molecule has 1 N–H and O–H groups in total. The van der Waals surface area contributed by atoms with Crippen molar-refractivity contribution in [3.8, 4) is 0 Å². The Hall–Kier alpha value is -1.51. The zero-order chi connectivity index (χ0) is 13.4. The molecule has 0 aliphatic rings. The molecule has 0 aromatic heterocycles. The fraction of sp³-hybridized carbons (Fsp3) is 0.533. The maximum absolute atomic E-state index is 4.62. The average molecular weight is 247 g/mol. The van der Waals surface area contributed by atoms with Gasteiger partial charge in [0.15, 0.2) is 5.96 Å². The predicted octanol–water partition coefficient (Wildman–Crippen LogP) is 2.74. The third kappa shape index (κ3) is 5.71. The van der Waals surface area contributed by atoms with E-state index in [1.807, 2.05) is 37.2 Å². The van der Waals surface area contributed by atoms with Crippen LogP contribution in [0.3, 0.4) is 0 Å². The zero-order valence-electron chi connectivity index (χ0n) is 12.0. The summed E-state index contributed by atoms with van der Waals surface area (Å²) in [5.41, 5.74) is 1.24. The minimum Gasteiger partial charge on any atom is -0.356 e. The van der Waals surface area contributed by atoms with Crippen LogP contribution in [0.5, 0.6) is 0 Å².